The zero-order chi connectivity index (χ0) is 39.5. The second-order valence-electron chi connectivity index (χ2n) is 14.1. The Morgan fingerprint density at radius 2 is 1.66 bits per heavy atom. The lowest BCUT2D eigenvalue weighted by molar-refractivity contribution is -0.122. The maximum Gasteiger partial charge on any atom is 0.254 e. The summed E-state index contributed by atoms with van der Waals surface area (Å²) >= 11 is 7.90. The lowest BCUT2D eigenvalue weighted by Crippen LogP contribution is -2.35. The third-order valence-electron chi connectivity index (χ3n) is 10.1. The van der Waals surface area contributed by atoms with Gasteiger partial charge in [0.2, 0.25) is 11.8 Å². The van der Waals surface area contributed by atoms with E-state index >= 15 is 0 Å². The molecule has 2 aliphatic rings. The normalized spacial score (nSPS) is 14.6. The highest BCUT2D eigenvalue weighted by Gasteiger charge is 2.32. The molecular weight excluding hydrogens is 748 g/mol. The van der Waals surface area contributed by atoms with E-state index in [9.17, 15) is 14.4 Å². The molecule has 0 unspecified atom stereocenters. The van der Waals surface area contributed by atoms with Crippen molar-refractivity contribution < 1.29 is 14.4 Å². The van der Waals surface area contributed by atoms with Crippen LogP contribution in [0.1, 0.15) is 74.4 Å². The molecule has 0 bridgehead atoms. The smallest absolute Gasteiger partial charge is 0.254 e. The van der Waals surface area contributed by atoms with Crippen LogP contribution in [0.25, 0.3) is 5.00 Å². The number of carbonyl (C=O) groups is 3. The third kappa shape index (κ3) is 8.12. The summed E-state index contributed by atoms with van der Waals surface area (Å²) in [6, 6.07) is 20.0. The number of carbonyl (C=O) groups excluding carboxylic acids is 3. The number of benzene rings is 3. The van der Waals surface area contributed by atoms with Crippen LogP contribution in [0.15, 0.2) is 82.0 Å². The number of aliphatic imine (C=N–C) groups is 1. The number of hydrogen-bond donors (Lipinski definition) is 2. The second kappa shape index (κ2) is 16.6. The molecule has 1 atom stereocenters. The van der Waals surface area contributed by atoms with Gasteiger partial charge in [0, 0.05) is 71.6 Å². The molecular formula is C41H43ClN10O3S. The lowest BCUT2D eigenvalue weighted by Gasteiger charge is -2.18. The van der Waals surface area contributed by atoms with E-state index in [1.54, 1.807) is 23.3 Å². The number of anilines is 1. The maximum atomic E-state index is 13.3. The summed E-state index contributed by atoms with van der Waals surface area (Å²) in [6.07, 6.45) is 1.52. The van der Waals surface area contributed by atoms with Crippen LogP contribution in [0, 0.1) is 20.8 Å². The average molecular weight is 791 g/mol. The van der Waals surface area contributed by atoms with Gasteiger partial charge in [0.1, 0.15) is 16.9 Å². The zero-order valence-corrected chi connectivity index (χ0v) is 33.5. The highest BCUT2D eigenvalue weighted by atomic mass is 35.5. The van der Waals surface area contributed by atoms with Crippen LogP contribution in [0.5, 0.6) is 0 Å². The Morgan fingerprint density at radius 1 is 0.946 bits per heavy atom. The van der Waals surface area contributed by atoms with Crippen LogP contribution < -0.4 is 15.5 Å². The molecule has 2 aliphatic heterocycles. The Labute approximate surface area is 334 Å². The van der Waals surface area contributed by atoms with Gasteiger partial charge < -0.3 is 20.4 Å². The van der Waals surface area contributed by atoms with E-state index in [4.69, 9.17) is 16.6 Å². The number of amides is 3. The Morgan fingerprint density at radius 3 is 2.39 bits per heavy atom. The predicted octanol–water partition coefficient (Wildman–Crippen LogP) is 7.34. The number of rotatable bonds is 13. The van der Waals surface area contributed by atoms with Gasteiger partial charge in [-0.05, 0) is 87.7 Å². The van der Waals surface area contributed by atoms with Crippen molar-refractivity contribution in [3.05, 3.63) is 116 Å². The summed E-state index contributed by atoms with van der Waals surface area (Å²) in [5, 5.41) is 25.3. The van der Waals surface area contributed by atoms with E-state index in [2.05, 4.69) is 44.9 Å². The van der Waals surface area contributed by atoms with Crippen LogP contribution in [-0.2, 0) is 16.1 Å². The van der Waals surface area contributed by atoms with Crippen LogP contribution in [-0.4, -0.2) is 76.8 Å². The number of likely N-dealkylation sites (N-methyl/N-ethyl adjacent to an activating group) is 1. The van der Waals surface area contributed by atoms with Crippen LogP contribution in [0.2, 0.25) is 5.02 Å². The number of thiophene rings is 1. The first-order chi connectivity index (χ1) is 27.0. The molecule has 56 heavy (non-hydrogen) atoms. The van der Waals surface area contributed by atoms with Gasteiger partial charge in [-0.3, -0.25) is 23.9 Å². The Balaban J connectivity index is 0.876. The van der Waals surface area contributed by atoms with E-state index in [1.807, 2.05) is 90.2 Å². The van der Waals surface area contributed by atoms with Gasteiger partial charge in [-0.25, -0.2) is 0 Å². The van der Waals surface area contributed by atoms with Gasteiger partial charge in [-0.15, -0.1) is 21.5 Å². The molecule has 0 saturated carbocycles. The molecule has 0 spiro atoms. The number of hydrogen-bond acceptors (Lipinski definition) is 10. The monoisotopic (exact) mass is 790 g/mol. The van der Waals surface area contributed by atoms with E-state index in [1.165, 1.54) is 4.88 Å². The molecule has 4 heterocycles. The topological polar surface area (TPSA) is 150 Å². The Hall–Kier alpha value is -5.73. The number of halogens is 1. The largest absolute Gasteiger partial charge is 0.365 e. The molecule has 13 nitrogen and oxygen atoms in total. The van der Waals surface area contributed by atoms with Crippen molar-refractivity contribution in [3.63, 3.8) is 0 Å². The number of azo groups is 1. The Bertz CT molecular complexity index is 2350. The zero-order valence-electron chi connectivity index (χ0n) is 32.0. The fourth-order valence-corrected chi connectivity index (χ4v) is 8.22. The molecule has 2 N–H and O–H groups in total. The number of aryl methyl sites for hydroxylation is 2. The highest BCUT2D eigenvalue weighted by molar-refractivity contribution is 7.15. The van der Waals surface area contributed by atoms with Gasteiger partial charge in [0.15, 0.2) is 5.82 Å². The first-order valence-electron chi connectivity index (χ1n) is 18.5. The molecule has 3 amide bonds. The SMILES string of the molecule is Cc1sc2c(c1C)C(c1ccc(Cl)cc1)=N[C@@H](CC(=O)NCCCCNC(=O)CN(C)c1ccc(N=Nc3cccc4c3CN(C)C4=O)cc1)c1nnc(C)n1-2. The minimum Gasteiger partial charge on any atom is -0.365 e. The molecule has 7 rings (SSSR count). The number of nitrogens with zero attached hydrogens (tertiary/aromatic N) is 8. The quantitative estimate of drug-likeness (QED) is 0.0942. The number of fused-ring (bicyclic) bond motifs is 4. The standard InChI is InChI=1S/C41H43ClN10O3S/c1-24-25(2)56-41-37(24)38(27-11-13-28(42)14-12-27)45-34(39-49-46-26(3)52(39)41)21-35(53)43-19-6-7-20-44-36(54)23-50(4)30-17-15-29(16-18-30)47-48-33-10-8-9-31-32(33)22-51(5)40(31)55/h8-18,34H,6-7,19-23H2,1-5H3,(H,43,53)(H,44,54)/t34-/m0/s1. The van der Waals surface area contributed by atoms with Crippen LogP contribution >= 0.6 is 22.9 Å². The third-order valence-corrected chi connectivity index (χ3v) is 11.5. The van der Waals surface area contributed by atoms with E-state index in [0.717, 1.165) is 44.5 Å². The summed E-state index contributed by atoms with van der Waals surface area (Å²) in [7, 11) is 3.63. The molecule has 0 saturated heterocycles. The lowest BCUT2D eigenvalue weighted by atomic mass is 9.99. The average Bonchev–Trinajstić information content (AvgIpc) is 3.78. The van der Waals surface area contributed by atoms with Crippen LogP contribution in [0.4, 0.5) is 17.1 Å². The van der Waals surface area contributed by atoms with Crippen molar-refractivity contribution in [2.45, 2.75) is 52.6 Å². The molecule has 5 aromatic rings. The molecule has 0 radical (unpaired) electrons. The summed E-state index contributed by atoms with van der Waals surface area (Å²) < 4.78 is 2.04. The van der Waals surface area contributed by atoms with Crippen molar-refractivity contribution in [2.75, 3.05) is 38.6 Å². The maximum absolute atomic E-state index is 13.3. The molecule has 2 aromatic heterocycles. The van der Waals surface area contributed by atoms with E-state index in [0.29, 0.717) is 60.3 Å². The van der Waals surface area contributed by atoms with Crippen molar-refractivity contribution in [1.82, 2.24) is 30.3 Å². The summed E-state index contributed by atoms with van der Waals surface area (Å²) in [6.45, 7) is 7.77. The van der Waals surface area contributed by atoms with Gasteiger partial charge in [0.25, 0.3) is 5.91 Å². The first kappa shape index (κ1) is 38.5. The van der Waals surface area contributed by atoms with Crippen molar-refractivity contribution >= 4 is 63.4 Å². The minimum absolute atomic E-state index is 0.00894. The molecule has 0 fully saturated rings. The predicted molar refractivity (Wildman–Crippen MR) is 219 cm³/mol. The summed E-state index contributed by atoms with van der Waals surface area (Å²) in [5.41, 5.74) is 7.63. The number of nitrogens with one attached hydrogen (secondary N) is 2. The van der Waals surface area contributed by atoms with E-state index < -0.39 is 6.04 Å². The highest BCUT2D eigenvalue weighted by Crippen LogP contribution is 2.40. The van der Waals surface area contributed by atoms with Gasteiger partial charge >= 0.3 is 0 Å². The molecule has 288 valence electrons. The van der Waals surface area contributed by atoms with Crippen molar-refractivity contribution in [1.29, 1.82) is 0 Å². The summed E-state index contributed by atoms with van der Waals surface area (Å²) in [5.74, 6) is 1.14. The molecule has 15 heteroatoms. The van der Waals surface area contributed by atoms with Gasteiger partial charge in [-0.1, -0.05) is 29.8 Å². The molecule has 3 aromatic carbocycles. The van der Waals surface area contributed by atoms with Crippen molar-refractivity contribution in [3.8, 4) is 5.00 Å². The number of aromatic nitrogens is 3. The van der Waals surface area contributed by atoms with Crippen LogP contribution in [0.3, 0.4) is 0 Å². The van der Waals surface area contributed by atoms with E-state index in [-0.39, 0.29) is 30.7 Å². The van der Waals surface area contributed by atoms with Gasteiger partial charge in [0.05, 0.1) is 30.1 Å². The van der Waals surface area contributed by atoms with Gasteiger partial charge in [-0.2, -0.15) is 10.2 Å². The fourth-order valence-electron chi connectivity index (χ4n) is 6.88. The Kier molecular flexibility index (Phi) is 11.4. The molecule has 0 aliphatic carbocycles. The fraction of sp³-hybridized carbons (Fsp3) is 0.317. The number of unbranched alkanes of at least 4 members (excludes halogenated alkanes) is 1. The van der Waals surface area contributed by atoms with Crippen molar-refractivity contribution in [2.24, 2.45) is 15.2 Å². The second-order valence-corrected chi connectivity index (χ2v) is 15.7. The first-order valence-corrected chi connectivity index (χ1v) is 19.7. The summed E-state index contributed by atoms with van der Waals surface area (Å²) in [4.78, 5) is 48.2. The minimum atomic E-state index is -0.538.